The first-order valence-corrected chi connectivity index (χ1v) is 5.78. The topological polar surface area (TPSA) is 46.5 Å². The van der Waals surface area contributed by atoms with Gasteiger partial charge in [-0.1, -0.05) is 43.3 Å². The molecule has 1 N–H and O–H groups in total. The predicted molar refractivity (Wildman–Crippen MR) is 64.5 cm³/mol. The maximum Gasteiger partial charge on any atom is 0.330 e. The molecule has 0 saturated carbocycles. The highest BCUT2D eigenvalue weighted by Crippen LogP contribution is 2.25. The van der Waals surface area contributed by atoms with Crippen molar-refractivity contribution in [3.05, 3.63) is 48.0 Å². The lowest BCUT2D eigenvalue weighted by Gasteiger charge is -2.28. The standard InChI is InChI=1S/C14H16O3/c1-10(11-6-3-2-4-7-11)14(16)12-8-5-9-13(15)17-12/h2-7,9-10,12,14,16H,8H2,1H3/t10-,12-,14-/m1/s1. The molecule has 0 spiro atoms. The van der Waals surface area contributed by atoms with Gasteiger partial charge in [-0.3, -0.25) is 0 Å². The number of ether oxygens (including phenoxy) is 1. The van der Waals surface area contributed by atoms with Crippen LogP contribution in [0.2, 0.25) is 0 Å². The predicted octanol–water partition coefficient (Wildman–Crippen LogP) is 2.02. The minimum absolute atomic E-state index is 0.0551. The number of carbonyl (C=O) groups excluding carboxylic acids is 1. The van der Waals surface area contributed by atoms with Crippen LogP contribution in [0.4, 0.5) is 0 Å². The molecule has 3 atom stereocenters. The molecule has 0 saturated heterocycles. The van der Waals surface area contributed by atoms with Crippen molar-refractivity contribution < 1.29 is 14.6 Å². The number of carbonyl (C=O) groups is 1. The van der Waals surface area contributed by atoms with Crippen LogP contribution in [0, 0.1) is 0 Å². The fraction of sp³-hybridized carbons (Fsp3) is 0.357. The van der Waals surface area contributed by atoms with Crippen molar-refractivity contribution in [2.75, 3.05) is 0 Å². The molecule has 0 aromatic heterocycles. The van der Waals surface area contributed by atoms with E-state index in [1.165, 1.54) is 6.08 Å². The van der Waals surface area contributed by atoms with Gasteiger partial charge in [-0.15, -0.1) is 0 Å². The third-order valence-electron chi connectivity index (χ3n) is 3.11. The highest BCUT2D eigenvalue weighted by atomic mass is 16.6. The Hall–Kier alpha value is -1.61. The van der Waals surface area contributed by atoms with Gasteiger partial charge in [-0.2, -0.15) is 0 Å². The van der Waals surface area contributed by atoms with Crippen LogP contribution >= 0.6 is 0 Å². The van der Waals surface area contributed by atoms with E-state index in [9.17, 15) is 9.90 Å². The SMILES string of the molecule is C[C@H](c1ccccc1)[C@@H](O)[C@H]1CC=CC(=O)O1. The summed E-state index contributed by atoms with van der Waals surface area (Å²) in [5, 5.41) is 10.2. The van der Waals surface area contributed by atoms with E-state index >= 15 is 0 Å². The van der Waals surface area contributed by atoms with Crippen molar-refractivity contribution >= 4 is 5.97 Å². The van der Waals surface area contributed by atoms with Gasteiger partial charge in [-0.05, 0) is 5.56 Å². The summed E-state index contributed by atoms with van der Waals surface area (Å²) in [6.45, 7) is 1.94. The van der Waals surface area contributed by atoms with Crippen molar-refractivity contribution in [1.29, 1.82) is 0 Å². The van der Waals surface area contributed by atoms with Crippen LogP contribution in [-0.2, 0) is 9.53 Å². The van der Waals surface area contributed by atoms with Gasteiger partial charge >= 0.3 is 5.97 Å². The van der Waals surface area contributed by atoms with E-state index < -0.39 is 12.2 Å². The second kappa shape index (κ2) is 5.15. The average molecular weight is 232 g/mol. The van der Waals surface area contributed by atoms with Crippen molar-refractivity contribution in [2.24, 2.45) is 0 Å². The first kappa shape index (κ1) is 11.9. The van der Waals surface area contributed by atoms with E-state index in [2.05, 4.69) is 0 Å². The van der Waals surface area contributed by atoms with Gasteiger partial charge in [0, 0.05) is 18.4 Å². The van der Waals surface area contributed by atoms with Gasteiger partial charge in [0.05, 0.1) is 6.10 Å². The molecule has 2 rings (SSSR count). The number of aliphatic hydroxyl groups excluding tert-OH is 1. The third-order valence-corrected chi connectivity index (χ3v) is 3.11. The first-order chi connectivity index (χ1) is 8.18. The van der Waals surface area contributed by atoms with Crippen molar-refractivity contribution in [3.8, 4) is 0 Å². The average Bonchev–Trinajstić information content (AvgIpc) is 2.38. The van der Waals surface area contributed by atoms with Crippen LogP contribution in [0.25, 0.3) is 0 Å². The monoisotopic (exact) mass is 232 g/mol. The highest BCUT2D eigenvalue weighted by molar-refractivity contribution is 5.82. The summed E-state index contributed by atoms with van der Waals surface area (Å²) in [4.78, 5) is 11.1. The molecule has 0 amide bonds. The molecule has 1 aliphatic rings. The van der Waals surface area contributed by atoms with Gasteiger partial charge in [0.1, 0.15) is 6.10 Å². The van der Waals surface area contributed by atoms with Crippen molar-refractivity contribution in [3.63, 3.8) is 0 Å². The molecule has 3 heteroatoms. The van der Waals surface area contributed by atoms with Crippen molar-refractivity contribution in [1.82, 2.24) is 0 Å². The molecule has 0 aliphatic carbocycles. The second-order valence-electron chi connectivity index (χ2n) is 4.30. The zero-order chi connectivity index (χ0) is 12.3. The van der Waals surface area contributed by atoms with Crippen LogP contribution in [0.3, 0.4) is 0 Å². The summed E-state index contributed by atoms with van der Waals surface area (Å²) in [6, 6.07) is 9.74. The van der Waals surface area contributed by atoms with Gasteiger partial charge in [0.25, 0.3) is 0 Å². The number of aliphatic hydroxyl groups is 1. The van der Waals surface area contributed by atoms with Crippen molar-refractivity contribution in [2.45, 2.75) is 31.5 Å². The van der Waals surface area contributed by atoms with Gasteiger partial charge in [-0.25, -0.2) is 4.79 Å². The molecule has 1 aliphatic heterocycles. The van der Waals surface area contributed by atoms with E-state index in [1.807, 2.05) is 37.3 Å². The number of esters is 1. The molecule has 1 aromatic rings. The molecule has 3 nitrogen and oxygen atoms in total. The van der Waals surface area contributed by atoms with E-state index in [-0.39, 0.29) is 11.9 Å². The van der Waals surface area contributed by atoms with Crippen LogP contribution in [0.5, 0.6) is 0 Å². The number of hydrogen-bond donors (Lipinski definition) is 1. The number of benzene rings is 1. The highest BCUT2D eigenvalue weighted by Gasteiger charge is 2.29. The van der Waals surface area contributed by atoms with Crippen LogP contribution in [-0.4, -0.2) is 23.3 Å². The third kappa shape index (κ3) is 2.74. The normalized spacial score (nSPS) is 22.9. The zero-order valence-corrected chi connectivity index (χ0v) is 9.74. The maximum absolute atomic E-state index is 11.1. The van der Waals surface area contributed by atoms with E-state index in [0.717, 1.165) is 5.56 Å². The molecule has 0 radical (unpaired) electrons. The molecular weight excluding hydrogens is 216 g/mol. The summed E-state index contributed by atoms with van der Waals surface area (Å²) in [5.41, 5.74) is 1.05. The Bertz CT molecular complexity index is 411. The number of rotatable bonds is 3. The largest absolute Gasteiger partial charge is 0.456 e. The Kier molecular flexibility index (Phi) is 3.59. The molecule has 1 heterocycles. The van der Waals surface area contributed by atoms with Gasteiger partial charge in [0.2, 0.25) is 0 Å². The summed E-state index contributed by atoms with van der Waals surface area (Å²) < 4.78 is 5.11. The molecule has 90 valence electrons. The Morgan fingerprint density at radius 1 is 1.35 bits per heavy atom. The lowest BCUT2D eigenvalue weighted by molar-refractivity contribution is -0.150. The Morgan fingerprint density at radius 3 is 2.71 bits per heavy atom. The Balaban J connectivity index is 2.07. The molecule has 17 heavy (non-hydrogen) atoms. The Labute approximate surface area is 101 Å². The molecule has 0 unspecified atom stereocenters. The lowest BCUT2D eigenvalue weighted by atomic mass is 9.90. The van der Waals surface area contributed by atoms with Gasteiger partial charge < -0.3 is 9.84 Å². The fourth-order valence-electron chi connectivity index (χ4n) is 2.02. The molecule has 1 aromatic carbocycles. The Morgan fingerprint density at radius 2 is 2.06 bits per heavy atom. The second-order valence-corrected chi connectivity index (χ2v) is 4.30. The maximum atomic E-state index is 11.1. The van der Waals surface area contributed by atoms with Crippen LogP contribution < -0.4 is 0 Å². The van der Waals surface area contributed by atoms with Crippen LogP contribution in [0.15, 0.2) is 42.5 Å². The summed E-state index contributed by atoms with van der Waals surface area (Å²) in [7, 11) is 0. The summed E-state index contributed by atoms with van der Waals surface area (Å²) in [5.74, 6) is -0.430. The van der Waals surface area contributed by atoms with Gasteiger partial charge in [0.15, 0.2) is 0 Å². The summed E-state index contributed by atoms with van der Waals surface area (Å²) in [6.07, 6.45) is 2.60. The smallest absolute Gasteiger partial charge is 0.330 e. The van der Waals surface area contributed by atoms with Crippen LogP contribution in [0.1, 0.15) is 24.8 Å². The number of cyclic esters (lactones) is 1. The summed E-state index contributed by atoms with van der Waals surface area (Å²) >= 11 is 0. The molecule has 0 fully saturated rings. The minimum atomic E-state index is -0.675. The first-order valence-electron chi connectivity index (χ1n) is 5.78. The molecule has 0 bridgehead atoms. The minimum Gasteiger partial charge on any atom is -0.456 e. The number of hydrogen-bond acceptors (Lipinski definition) is 3. The van der Waals surface area contributed by atoms with E-state index in [4.69, 9.17) is 4.74 Å². The lowest BCUT2D eigenvalue weighted by Crippen LogP contribution is -2.36. The fourth-order valence-corrected chi connectivity index (χ4v) is 2.02. The zero-order valence-electron chi connectivity index (χ0n) is 9.74. The van der Waals surface area contributed by atoms with E-state index in [1.54, 1.807) is 6.08 Å². The van der Waals surface area contributed by atoms with E-state index in [0.29, 0.717) is 6.42 Å². The quantitative estimate of drug-likeness (QED) is 0.811. The molecular formula is C14H16O3.